The second kappa shape index (κ2) is 6.86. The van der Waals surface area contributed by atoms with Crippen molar-refractivity contribution in [2.75, 3.05) is 13.2 Å². The van der Waals surface area contributed by atoms with Gasteiger partial charge in [0.2, 0.25) is 5.91 Å². The predicted octanol–water partition coefficient (Wildman–Crippen LogP) is 0.652. The van der Waals surface area contributed by atoms with Crippen LogP contribution in [0.4, 0.5) is 0 Å². The number of aliphatic hydroxyl groups is 1. The van der Waals surface area contributed by atoms with Crippen LogP contribution in [0.2, 0.25) is 0 Å². The highest BCUT2D eigenvalue weighted by molar-refractivity contribution is 5.76. The molecule has 2 unspecified atom stereocenters. The van der Waals surface area contributed by atoms with Crippen LogP contribution in [0.5, 0.6) is 0 Å². The molecule has 0 aromatic rings. The van der Waals surface area contributed by atoms with Gasteiger partial charge in [0.1, 0.15) is 0 Å². The van der Waals surface area contributed by atoms with Gasteiger partial charge in [0.25, 0.3) is 0 Å². The van der Waals surface area contributed by atoms with Gasteiger partial charge in [0, 0.05) is 31.7 Å². The van der Waals surface area contributed by atoms with Gasteiger partial charge < -0.3 is 15.7 Å². The fourth-order valence-corrected chi connectivity index (χ4v) is 2.29. The van der Waals surface area contributed by atoms with Crippen LogP contribution in [0.25, 0.3) is 0 Å². The number of hydrogen-bond acceptors (Lipinski definition) is 3. The molecule has 1 saturated carbocycles. The Morgan fingerprint density at radius 3 is 2.81 bits per heavy atom. The second-order valence-corrected chi connectivity index (χ2v) is 4.91. The lowest BCUT2D eigenvalue weighted by Gasteiger charge is -2.19. The van der Waals surface area contributed by atoms with E-state index in [1.165, 1.54) is 6.42 Å². The Morgan fingerprint density at radius 2 is 2.19 bits per heavy atom. The summed E-state index contributed by atoms with van der Waals surface area (Å²) in [6.45, 7) is 4.89. The zero-order chi connectivity index (χ0) is 12.0. The van der Waals surface area contributed by atoms with E-state index in [4.69, 9.17) is 5.11 Å². The molecule has 1 fully saturated rings. The van der Waals surface area contributed by atoms with Crippen molar-refractivity contribution in [2.45, 2.75) is 51.6 Å². The van der Waals surface area contributed by atoms with Gasteiger partial charge in [-0.25, -0.2) is 0 Å². The lowest BCUT2D eigenvalue weighted by atomic mass is 10.1. The minimum atomic E-state index is 0.0982. The van der Waals surface area contributed by atoms with Crippen LogP contribution in [0.15, 0.2) is 0 Å². The number of rotatable bonds is 6. The average Bonchev–Trinajstić information content (AvgIpc) is 2.64. The lowest BCUT2D eigenvalue weighted by Crippen LogP contribution is -2.38. The van der Waals surface area contributed by atoms with E-state index in [2.05, 4.69) is 10.6 Å². The number of nitrogens with one attached hydrogen (secondary N) is 2. The standard InChI is InChI=1S/C12H24N2O2/c1-9(2)14-12(16)6-7-13-11-5-3-4-10(11)8-15/h9-11,13,15H,3-8H2,1-2H3,(H,14,16). The van der Waals surface area contributed by atoms with Crippen molar-refractivity contribution in [2.24, 2.45) is 5.92 Å². The van der Waals surface area contributed by atoms with E-state index >= 15 is 0 Å². The Kier molecular flexibility index (Phi) is 5.77. The molecule has 1 amide bonds. The maximum Gasteiger partial charge on any atom is 0.221 e. The normalized spacial score (nSPS) is 25.0. The molecule has 1 rings (SSSR count). The highest BCUT2D eigenvalue weighted by atomic mass is 16.3. The average molecular weight is 228 g/mol. The third-order valence-corrected chi connectivity index (χ3v) is 3.10. The highest BCUT2D eigenvalue weighted by Crippen LogP contribution is 2.24. The van der Waals surface area contributed by atoms with Crippen LogP contribution in [0, 0.1) is 5.92 Å². The van der Waals surface area contributed by atoms with E-state index < -0.39 is 0 Å². The van der Waals surface area contributed by atoms with Crippen LogP contribution in [0.1, 0.15) is 39.5 Å². The number of carbonyl (C=O) groups excluding carboxylic acids is 1. The van der Waals surface area contributed by atoms with E-state index in [0.717, 1.165) is 12.8 Å². The van der Waals surface area contributed by atoms with Crippen molar-refractivity contribution in [1.29, 1.82) is 0 Å². The first-order chi connectivity index (χ1) is 7.63. The quantitative estimate of drug-likeness (QED) is 0.625. The zero-order valence-electron chi connectivity index (χ0n) is 10.3. The van der Waals surface area contributed by atoms with Crippen LogP contribution in [-0.4, -0.2) is 36.2 Å². The summed E-state index contributed by atoms with van der Waals surface area (Å²) in [5.74, 6) is 0.481. The van der Waals surface area contributed by atoms with E-state index in [0.29, 0.717) is 24.9 Å². The maximum absolute atomic E-state index is 11.4. The summed E-state index contributed by atoms with van der Waals surface area (Å²) < 4.78 is 0. The SMILES string of the molecule is CC(C)NC(=O)CCNC1CCCC1CO. The highest BCUT2D eigenvalue weighted by Gasteiger charge is 2.25. The van der Waals surface area contributed by atoms with Gasteiger partial charge in [0.05, 0.1) is 0 Å². The van der Waals surface area contributed by atoms with Crippen molar-refractivity contribution in [3.63, 3.8) is 0 Å². The Balaban J connectivity index is 2.12. The van der Waals surface area contributed by atoms with Crippen molar-refractivity contribution < 1.29 is 9.90 Å². The lowest BCUT2D eigenvalue weighted by molar-refractivity contribution is -0.121. The molecule has 1 aliphatic rings. The molecule has 0 spiro atoms. The summed E-state index contributed by atoms with van der Waals surface area (Å²) >= 11 is 0. The summed E-state index contributed by atoms with van der Waals surface area (Å²) in [6, 6.07) is 0.612. The van der Waals surface area contributed by atoms with Crippen molar-refractivity contribution in [3.05, 3.63) is 0 Å². The summed E-state index contributed by atoms with van der Waals surface area (Å²) in [5, 5.41) is 15.4. The molecule has 0 aliphatic heterocycles. The summed E-state index contributed by atoms with van der Waals surface area (Å²) in [4.78, 5) is 11.4. The Labute approximate surface area is 97.8 Å². The number of hydrogen-bond donors (Lipinski definition) is 3. The number of amides is 1. The fraction of sp³-hybridized carbons (Fsp3) is 0.917. The van der Waals surface area contributed by atoms with Gasteiger partial charge in [-0.05, 0) is 32.6 Å². The summed E-state index contributed by atoms with van der Waals surface area (Å²) in [5.41, 5.74) is 0. The molecule has 0 saturated heterocycles. The topological polar surface area (TPSA) is 61.4 Å². The first-order valence-corrected chi connectivity index (χ1v) is 6.27. The van der Waals surface area contributed by atoms with Crippen molar-refractivity contribution in [3.8, 4) is 0 Å². The second-order valence-electron chi connectivity index (χ2n) is 4.91. The van der Waals surface area contributed by atoms with Gasteiger partial charge in [0.15, 0.2) is 0 Å². The zero-order valence-corrected chi connectivity index (χ0v) is 10.3. The van der Waals surface area contributed by atoms with Gasteiger partial charge in [-0.2, -0.15) is 0 Å². The predicted molar refractivity (Wildman–Crippen MR) is 64.1 cm³/mol. The third kappa shape index (κ3) is 4.49. The van der Waals surface area contributed by atoms with E-state index in [-0.39, 0.29) is 18.6 Å². The molecule has 2 atom stereocenters. The minimum Gasteiger partial charge on any atom is -0.396 e. The van der Waals surface area contributed by atoms with Gasteiger partial charge >= 0.3 is 0 Å². The van der Waals surface area contributed by atoms with Gasteiger partial charge in [-0.15, -0.1) is 0 Å². The first-order valence-electron chi connectivity index (χ1n) is 6.27. The summed E-state index contributed by atoms with van der Waals surface area (Å²) in [7, 11) is 0. The van der Waals surface area contributed by atoms with Crippen LogP contribution >= 0.6 is 0 Å². The van der Waals surface area contributed by atoms with Crippen LogP contribution in [-0.2, 0) is 4.79 Å². The first kappa shape index (κ1) is 13.5. The van der Waals surface area contributed by atoms with E-state index in [9.17, 15) is 4.79 Å². The molecule has 0 radical (unpaired) electrons. The van der Waals surface area contributed by atoms with Crippen LogP contribution in [0.3, 0.4) is 0 Å². The fourth-order valence-electron chi connectivity index (χ4n) is 2.29. The monoisotopic (exact) mass is 228 g/mol. The molecule has 0 aromatic heterocycles. The third-order valence-electron chi connectivity index (χ3n) is 3.10. The smallest absolute Gasteiger partial charge is 0.221 e. The molecular formula is C12H24N2O2. The molecule has 0 heterocycles. The molecule has 4 heteroatoms. The molecular weight excluding hydrogens is 204 g/mol. The molecule has 0 bridgehead atoms. The van der Waals surface area contributed by atoms with Crippen LogP contribution < -0.4 is 10.6 Å². The van der Waals surface area contributed by atoms with Gasteiger partial charge in [-0.3, -0.25) is 4.79 Å². The van der Waals surface area contributed by atoms with Gasteiger partial charge in [-0.1, -0.05) is 6.42 Å². The number of aliphatic hydroxyl groups excluding tert-OH is 1. The molecule has 3 N–H and O–H groups in total. The minimum absolute atomic E-state index is 0.0982. The van der Waals surface area contributed by atoms with Crippen molar-refractivity contribution in [1.82, 2.24) is 10.6 Å². The largest absolute Gasteiger partial charge is 0.396 e. The number of carbonyl (C=O) groups is 1. The summed E-state index contributed by atoms with van der Waals surface area (Å²) in [6.07, 6.45) is 3.93. The Morgan fingerprint density at radius 1 is 1.44 bits per heavy atom. The Hall–Kier alpha value is -0.610. The molecule has 16 heavy (non-hydrogen) atoms. The van der Waals surface area contributed by atoms with E-state index in [1.807, 2.05) is 13.8 Å². The van der Waals surface area contributed by atoms with E-state index in [1.54, 1.807) is 0 Å². The molecule has 4 nitrogen and oxygen atoms in total. The molecule has 1 aliphatic carbocycles. The van der Waals surface area contributed by atoms with Crippen molar-refractivity contribution >= 4 is 5.91 Å². The molecule has 94 valence electrons. The molecule has 0 aromatic carbocycles. The maximum atomic E-state index is 11.4. The Bertz CT molecular complexity index is 219.